The second kappa shape index (κ2) is 6.44. The Kier molecular flexibility index (Phi) is 5.21. The number of phenols is 1. The molecule has 17 heavy (non-hydrogen) atoms. The lowest BCUT2D eigenvalue weighted by molar-refractivity contribution is 0.125. The molecule has 0 radical (unpaired) electrons. The fourth-order valence-electron chi connectivity index (χ4n) is 1.59. The summed E-state index contributed by atoms with van der Waals surface area (Å²) in [5.41, 5.74) is 6.01. The van der Waals surface area contributed by atoms with E-state index >= 15 is 0 Å². The maximum absolute atomic E-state index is 9.94. The maximum Gasteiger partial charge on any atom is 0.163 e. The molecular weight excluding hydrogens is 222 g/mol. The van der Waals surface area contributed by atoms with Gasteiger partial charge in [-0.3, -0.25) is 0 Å². The van der Waals surface area contributed by atoms with E-state index in [4.69, 9.17) is 15.6 Å². The number of rotatable bonds is 6. The molecule has 1 aromatic rings. The molecule has 0 spiro atoms. The average Bonchev–Trinajstić information content (AvgIpc) is 2.31. The van der Waals surface area contributed by atoms with Crippen LogP contribution in [0.3, 0.4) is 0 Å². The van der Waals surface area contributed by atoms with E-state index in [1.54, 1.807) is 25.1 Å². The van der Waals surface area contributed by atoms with Crippen molar-refractivity contribution in [3.63, 3.8) is 0 Å². The zero-order valence-corrected chi connectivity index (χ0v) is 9.84. The molecule has 96 valence electrons. The highest BCUT2D eigenvalue weighted by atomic mass is 16.5. The molecule has 1 aromatic carbocycles. The van der Waals surface area contributed by atoms with Crippen molar-refractivity contribution in [2.24, 2.45) is 5.73 Å². The first-order valence-electron chi connectivity index (χ1n) is 5.61. The molecule has 1 rings (SSSR count). The number of aliphatic hydroxyl groups excluding tert-OH is 2. The highest BCUT2D eigenvalue weighted by Gasteiger charge is 2.21. The van der Waals surface area contributed by atoms with E-state index in [1.165, 1.54) is 0 Å². The molecule has 0 fully saturated rings. The summed E-state index contributed by atoms with van der Waals surface area (Å²) in [7, 11) is 0. The third kappa shape index (κ3) is 3.33. The number of phenolic OH excluding ortho intramolecular Hbond substituents is 1. The molecule has 5 nitrogen and oxygen atoms in total. The highest BCUT2D eigenvalue weighted by molar-refractivity contribution is 5.46. The number of nitrogens with two attached hydrogens (primary N) is 1. The quantitative estimate of drug-likeness (QED) is 0.583. The summed E-state index contributed by atoms with van der Waals surface area (Å²) in [6, 6.07) is 4.25. The molecule has 0 heterocycles. The molecule has 5 N–H and O–H groups in total. The van der Waals surface area contributed by atoms with Crippen LogP contribution < -0.4 is 10.5 Å². The first-order chi connectivity index (χ1) is 8.11. The van der Waals surface area contributed by atoms with Crippen molar-refractivity contribution in [3.8, 4) is 11.5 Å². The van der Waals surface area contributed by atoms with Gasteiger partial charge in [-0.1, -0.05) is 12.1 Å². The first kappa shape index (κ1) is 13.8. The molecule has 2 atom stereocenters. The molecule has 0 saturated heterocycles. The average molecular weight is 241 g/mol. The van der Waals surface area contributed by atoms with Crippen LogP contribution in [-0.2, 0) is 0 Å². The molecule has 0 aliphatic heterocycles. The molecule has 0 aliphatic carbocycles. The van der Waals surface area contributed by atoms with Crippen molar-refractivity contribution in [2.75, 3.05) is 13.2 Å². The number of hydrogen-bond donors (Lipinski definition) is 4. The van der Waals surface area contributed by atoms with Gasteiger partial charge in [0.05, 0.1) is 12.7 Å². The van der Waals surface area contributed by atoms with Gasteiger partial charge in [-0.2, -0.15) is 0 Å². The van der Waals surface area contributed by atoms with Crippen molar-refractivity contribution < 1.29 is 20.1 Å². The van der Waals surface area contributed by atoms with Crippen molar-refractivity contribution in [1.82, 2.24) is 0 Å². The minimum Gasteiger partial charge on any atom is -0.504 e. The summed E-state index contributed by atoms with van der Waals surface area (Å²) < 4.78 is 5.22. The third-order valence-electron chi connectivity index (χ3n) is 2.52. The fourth-order valence-corrected chi connectivity index (χ4v) is 1.59. The van der Waals surface area contributed by atoms with Crippen molar-refractivity contribution in [1.29, 1.82) is 0 Å². The van der Waals surface area contributed by atoms with Crippen LogP contribution in [-0.4, -0.2) is 34.6 Å². The second-order valence-corrected chi connectivity index (χ2v) is 3.75. The van der Waals surface area contributed by atoms with Gasteiger partial charge in [0.2, 0.25) is 0 Å². The van der Waals surface area contributed by atoms with Crippen LogP contribution in [0.2, 0.25) is 0 Å². The molecule has 2 unspecified atom stereocenters. The number of aliphatic hydroxyl groups is 2. The largest absolute Gasteiger partial charge is 0.504 e. The van der Waals surface area contributed by atoms with Gasteiger partial charge < -0.3 is 25.8 Å². The Labute approximate surface area is 100 Å². The topological polar surface area (TPSA) is 95.9 Å². The summed E-state index contributed by atoms with van der Waals surface area (Å²) in [4.78, 5) is 0. The van der Waals surface area contributed by atoms with E-state index in [9.17, 15) is 10.2 Å². The van der Waals surface area contributed by atoms with Crippen molar-refractivity contribution in [3.05, 3.63) is 23.8 Å². The third-order valence-corrected chi connectivity index (χ3v) is 2.52. The van der Waals surface area contributed by atoms with Gasteiger partial charge in [0.1, 0.15) is 0 Å². The van der Waals surface area contributed by atoms with E-state index < -0.39 is 12.1 Å². The van der Waals surface area contributed by atoms with Gasteiger partial charge in [-0.25, -0.2) is 0 Å². The van der Waals surface area contributed by atoms with Gasteiger partial charge in [-0.15, -0.1) is 0 Å². The lowest BCUT2D eigenvalue weighted by Crippen LogP contribution is -2.29. The Balaban J connectivity index is 2.93. The molecule has 0 amide bonds. The SMILES string of the molecule is CCOc1cccc(C(O)C(N)CCO)c1O. The fraction of sp³-hybridized carbons (Fsp3) is 0.500. The van der Waals surface area contributed by atoms with Gasteiger partial charge in [0.15, 0.2) is 11.5 Å². The zero-order valence-electron chi connectivity index (χ0n) is 9.84. The lowest BCUT2D eigenvalue weighted by Gasteiger charge is -2.20. The Hall–Kier alpha value is -1.30. The Bertz CT molecular complexity index is 356. The van der Waals surface area contributed by atoms with Gasteiger partial charge in [0, 0.05) is 18.2 Å². The summed E-state index contributed by atoms with van der Waals surface area (Å²) >= 11 is 0. The van der Waals surface area contributed by atoms with Crippen LogP contribution in [0.4, 0.5) is 0 Å². The minimum absolute atomic E-state index is 0.102. The molecule has 5 heteroatoms. The van der Waals surface area contributed by atoms with E-state index in [0.29, 0.717) is 17.9 Å². The minimum atomic E-state index is -1.03. The number of ether oxygens (including phenoxy) is 1. The Morgan fingerprint density at radius 3 is 2.71 bits per heavy atom. The van der Waals surface area contributed by atoms with E-state index in [0.717, 1.165) is 0 Å². The summed E-state index contributed by atoms with van der Waals surface area (Å²) in [5, 5.41) is 28.6. The van der Waals surface area contributed by atoms with E-state index in [2.05, 4.69) is 0 Å². The molecular formula is C12H19NO4. The Morgan fingerprint density at radius 2 is 2.12 bits per heavy atom. The van der Waals surface area contributed by atoms with E-state index in [1.807, 2.05) is 0 Å². The number of hydrogen-bond acceptors (Lipinski definition) is 5. The van der Waals surface area contributed by atoms with Crippen LogP contribution in [0.15, 0.2) is 18.2 Å². The maximum atomic E-state index is 9.94. The van der Waals surface area contributed by atoms with Crippen molar-refractivity contribution >= 4 is 0 Å². The highest BCUT2D eigenvalue weighted by Crippen LogP contribution is 2.34. The second-order valence-electron chi connectivity index (χ2n) is 3.75. The predicted molar refractivity (Wildman–Crippen MR) is 63.9 cm³/mol. The van der Waals surface area contributed by atoms with Crippen LogP contribution in [0, 0.1) is 0 Å². The lowest BCUT2D eigenvalue weighted by atomic mass is 9.99. The standard InChI is InChI=1S/C12H19NO4/c1-2-17-10-5-3-4-8(12(10)16)11(15)9(13)6-7-14/h3-5,9,11,14-16H,2,6-7,13H2,1H3. The van der Waals surface area contributed by atoms with Crippen molar-refractivity contribution in [2.45, 2.75) is 25.5 Å². The molecule has 0 aliphatic rings. The Morgan fingerprint density at radius 1 is 1.41 bits per heavy atom. The van der Waals surface area contributed by atoms with Crippen LogP contribution in [0.1, 0.15) is 25.0 Å². The molecule has 0 saturated carbocycles. The summed E-state index contributed by atoms with van der Waals surface area (Å²) in [6.07, 6.45) is -0.762. The number of para-hydroxylation sites is 1. The smallest absolute Gasteiger partial charge is 0.163 e. The summed E-state index contributed by atoms with van der Waals surface area (Å²) in [6.45, 7) is 2.12. The van der Waals surface area contributed by atoms with Gasteiger partial charge >= 0.3 is 0 Å². The van der Waals surface area contributed by atoms with Crippen LogP contribution >= 0.6 is 0 Å². The first-order valence-corrected chi connectivity index (χ1v) is 5.61. The van der Waals surface area contributed by atoms with Gasteiger partial charge in [0.25, 0.3) is 0 Å². The predicted octanol–water partition coefficient (Wildman–Crippen LogP) is 0.534. The van der Waals surface area contributed by atoms with Crippen LogP contribution in [0.25, 0.3) is 0 Å². The zero-order chi connectivity index (χ0) is 12.8. The normalized spacial score (nSPS) is 14.4. The van der Waals surface area contributed by atoms with E-state index in [-0.39, 0.29) is 18.8 Å². The van der Waals surface area contributed by atoms with Crippen LogP contribution in [0.5, 0.6) is 11.5 Å². The molecule has 0 aromatic heterocycles. The molecule has 0 bridgehead atoms. The monoisotopic (exact) mass is 241 g/mol. The number of benzene rings is 1. The number of aromatic hydroxyl groups is 1. The van der Waals surface area contributed by atoms with Gasteiger partial charge in [-0.05, 0) is 19.4 Å². The summed E-state index contributed by atoms with van der Waals surface area (Å²) in [5.74, 6) is 0.218.